The first-order valence-corrected chi connectivity index (χ1v) is 35.6. The molecule has 37 nitrogen and oxygen atoms in total. The molecule has 39 heteroatoms. The second kappa shape index (κ2) is 31.9. The first-order chi connectivity index (χ1) is 49.7. The van der Waals surface area contributed by atoms with Crippen molar-refractivity contribution in [1.82, 2.24) is 0 Å². The maximum absolute atomic E-state index is 14.3. The number of esters is 1. The number of fused-ring (bicyclic) bond motifs is 4. The highest BCUT2D eigenvalue weighted by atomic mass is 35.5. The average molecular weight is 1550 g/mol. The third-order valence-electron chi connectivity index (χ3n) is 22.2. The van der Waals surface area contributed by atoms with E-state index in [1.54, 1.807) is 48.5 Å². The highest BCUT2D eigenvalue weighted by Crippen LogP contribution is 2.53. The van der Waals surface area contributed by atoms with Crippen molar-refractivity contribution >= 4 is 29.2 Å². The van der Waals surface area contributed by atoms with Crippen molar-refractivity contribution in [1.29, 1.82) is 0 Å². The van der Waals surface area contributed by atoms with Crippen LogP contribution in [-0.2, 0) is 123 Å². The Morgan fingerprint density at radius 3 is 2.00 bits per heavy atom. The molecule has 11 fully saturated rings. The van der Waals surface area contributed by atoms with Gasteiger partial charge in [0.15, 0.2) is 67.6 Å². The Balaban J connectivity index is 0.698. The number of aliphatic hydroxyl groups excluding tert-OH is 4. The van der Waals surface area contributed by atoms with Crippen LogP contribution in [0.4, 0.5) is 0 Å². The van der Waals surface area contributed by atoms with Crippen molar-refractivity contribution in [2.75, 3.05) is 76.4 Å². The van der Waals surface area contributed by atoms with Gasteiger partial charge >= 0.3 is 11.9 Å². The van der Waals surface area contributed by atoms with Crippen molar-refractivity contribution in [3.8, 4) is 11.5 Å². The van der Waals surface area contributed by atoms with Crippen LogP contribution in [0.25, 0.3) is 0 Å². The van der Waals surface area contributed by atoms with Crippen molar-refractivity contribution in [2.45, 2.75) is 301 Å². The highest BCUT2D eigenvalue weighted by molar-refractivity contribution is 6.39. The number of benzene rings is 1. The molecule has 6 N–H and O–H groups in total. The molecule has 0 aromatic heterocycles. The van der Waals surface area contributed by atoms with Gasteiger partial charge in [-0.2, -0.15) is 0 Å². The molecule has 12 rings (SSSR count). The lowest BCUT2D eigenvalue weighted by atomic mass is 9.85. The maximum atomic E-state index is 14.3. The molecule has 11 heterocycles. The normalized spacial score (nSPS) is 48.7. The Morgan fingerprint density at radius 2 is 1.34 bits per heavy atom. The summed E-state index contributed by atoms with van der Waals surface area (Å²) < 4.78 is 167. The largest absolute Gasteiger partial charge is 0.505 e. The molecule has 1 aromatic carbocycles. The van der Waals surface area contributed by atoms with E-state index in [0.29, 0.717) is 0 Å². The van der Waals surface area contributed by atoms with Gasteiger partial charge in [-0.05, 0) is 61.0 Å². The fourth-order valence-electron chi connectivity index (χ4n) is 16.6. The van der Waals surface area contributed by atoms with Crippen LogP contribution in [0, 0.1) is 17.0 Å². The summed E-state index contributed by atoms with van der Waals surface area (Å²) in [5.74, 6) is -5.64. The monoisotopic (exact) mass is 1550 g/mol. The van der Waals surface area contributed by atoms with Crippen LogP contribution in [0.5, 0.6) is 11.5 Å². The van der Waals surface area contributed by atoms with Crippen LogP contribution in [0.15, 0.2) is 0 Å². The third-order valence-corrected chi connectivity index (χ3v) is 23.0. The van der Waals surface area contributed by atoms with Crippen LogP contribution in [-0.4, -0.2) is 337 Å². The van der Waals surface area contributed by atoms with Gasteiger partial charge < -0.3 is 159 Å². The molecule has 598 valence electrons. The van der Waals surface area contributed by atoms with Gasteiger partial charge in [-0.3, -0.25) is 10.1 Å². The number of aliphatic hydroxyl groups is 5. The molecule has 2 spiro atoms. The molecule has 36 unspecified atom stereocenters. The number of nitro groups is 1. The Morgan fingerprint density at radius 1 is 0.667 bits per heavy atom. The predicted octanol–water partition coefficient (Wildman–Crippen LogP) is 0.737. The number of hydrogen-bond acceptors (Lipinski definition) is 36. The van der Waals surface area contributed by atoms with E-state index >= 15 is 0 Å². The van der Waals surface area contributed by atoms with E-state index in [0.717, 1.165) is 0 Å². The second-order valence-electron chi connectivity index (χ2n) is 28.8. The van der Waals surface area contributed by atoms with Gasteiger partial charge in [-0.15, -0.1) is 0 Å². The van der Waals surface area contributed by atoms with E-state index in [1.165, 1.54) is 63.6 Å². The Kier molecular flexibility index (Phi) is 24.8. The molecule has 0 saturated carbocycles. The molecule has 0 bridgehead atoms. The van der Waals surface area contributed by atoms with E-state index in [4.69, 9.17) is 151 Å². The zero-order chi connectivity index (χ0) is 76.1. The van der Waals surface area contributed by atoms with E-state index < -0.39 is 242 Å². The number of carbonyl (C=O) groups is 1. The number of phenolic OH excluding ortho intramolecular Hbond substituents is 1. The number of ether oxygens (including phenoxy) is 27. The first kappa shape index (κ1) is 81.6. The van der Waals surface area contributed by atoms with E-state index in [1.807, 2.05) is 0 Å². The summed E-state index contributed by atoms with van der Waals surface area (Å²) >= 11 is 12.8. The maximum Gasteiger partial charge on any atom is 0.342 e. The van der Waals surface area contributed by atoms with Gasteiger partial charge in [0.1, 0.15) is 120 Å². The quantitative estimate of drug-likeness (QED) is 0.0529. The number of nitrogens with zero attached hydrogens (tertiary/aromatic N) is 1. The highest BCUT2D eigenvalue weighted by Gasteiger charge is 2.72. The average Bonchev–Trinajstić information content (AvgIpc) is 1.57. The number of halogens is 2. The number of carbonyl (C=O) groups excluding carboxylic acids is 1. The molecule has 36 atom stereocenters. The number of rotatable bonds is 22. The summed E-state index contributed by atoms with van der Waals surface area (Å²) in [6.07, 6.45) is -38.0. The van der Waals surface area contributed by atoms with Gasteiger partial charge in [0.25, 0.3) is 11.5 Å². The lowest BCUT2D eigenvalue weighted by molar-refractivity contribution is -0.595. The summed E-state index contributed by atoms with van der Waals surface area (Å²) in [7, 11) is 9.53. The topological polar surface area (TPSA) is 431 Å². The summed E-state index contributed by atoms with van der Waals surface area (Å²) in [5.41, 5.74) is -5.16. The van der Waals surface area contributed by atoms with Gasteiger partial charge in [0.05, 0.1) is 87.5 Å². The molecule has 0 aliphatic carbocycles. The van der Waals surface area contributed by atoms with Gasteiger partial charge in [-0.1, -0.05) is 23.2 Å². The Labute approximate surface area is 615 Å². The SMILES string of the molecule is COCC1OC(OC2OCC3OC4(OCC(O)(C(C)OC)C5OCOC54)OC3C2OC)C(OC)C(O)C1OC1OC(C)C(OC)C(OC2OC(C)C3OC4(CC(O)C(OC5CC(OC6CC(C)([N+](=O)[O-])C(OC)C(C)O6)C(OC(=O)c6c(C)c(Cl)c(O)c(Cl)c6OC)C(C)O5)C(C)O4)OC3(C)C2O)C1O. The van der Waals surface area contributed by atoms with Crippen LogP contribution < -0.4 is 4.74 Å². The van der Waals surface area contributed by atoms with Crippen molar-refractivity contribution in [3.05, 3.63) is 31.3 Å². The lowest BCUT2D eigenvalue weighted by Gasteiger charge is -2.50. The number of hydrogen-bond donors (Lipinski definition) is 6. The minimum Gasteiger partial charge on any atom is -0.505 e. The van der Waals surface area contributed by atoms with Crippen molar-refractivity contribution in [3.63, 3.8) is 0 Å². The van der Waals surface area contributed by atoms with Crippen LogP contribution in [0.2, 0.25) is 10.0 Å². The van der Waals surface area contributed by atoms with Crippen LogP contribution in [0.1, 0.15) is 90.6 Å². The molecular weight excluding hydrogens is 1450 g/mol. The van der Waals surface area contributed by atoms with E-state index in [-0.39, 0.29) is 66.4 Å². The van der Waals surface area contributed by atoms with E-state index in [9.17, 15) is 45.5 Å². The number of aromatic hydroxyl groups is 1. The standard InChI is InChI=1S/C66H99Cl2NO36/c1-24-37(48(82-13)39(68)40(71)38(24)67)57(75)97-44-25(2)90-35(17-32(44)94-36-19-62(8,69(77)78)53(85-16)28(5)91-36)96-43-27(4)101-65(18-31(43)70)104-54-29(6)93-61(52(74)63(54,9)105-65)99-49-42(73)58(92-26(3)45(49)81-12)98-46-33(20-79-10)95-60(50(83-14)41(46)72)100-59-51(84-15)47-34(21-86-59)102-66(103-47)56-55(87-23-88-56)64(76,22-89-66)30(7)80-11/h25-36,41-47,49-56,58-61,70-74,76H,17-23H2,1-16H3. The second-order valence-corrected chi connectivity index (χ2v) is 29.5. The molecule has 1 aromatic rings. The van der Waals surface area contributed by atoms with Crippen LogP contribution in [0.3, 0.4) is 0 Å². The zero-order valence-corrected chi connectivity index (χ0v) is 62.5. The van der Waals surface area contributed by atoms with Gasteiger partial charge in [0.2, 0.25) is 0 Å². The van der Waals surface area contributed by atoms with Crippen LogP contribution >= 0.6 is 23.2 Å². The molecule has 11 aliphatic rings. The Bertz CT molecular complexity index is 3180. The van der Waals surface area contributed by atoms with E-state index in [2.05, 4.69) is 0 Å². The molecule has 11 aliphatic heterocycles. The molecule has 0 amide bonds. The molecule has 11 saturated heterocycles. The third kappa shape index (κ3) is 14.7. The number of phenols is 1. The smallest absolute Gasteiger partial charge is 0.342 e. The fourth-order valence-corrected chi connectivity index (χ4v) is 17.1. The summed E-state index contributed by atoms with van der Waals surface area (Å²) in [6, 6.07) is 0. The minimum absolute atomic E-state index is 0.0785. The fraction of sp³-hybridized carbons (Fsp3) is 0.894. The number of methoxy groups -OCH3 is 7. The van der Waals surface area contributed by atoms with Gasteiger partial charge in [-0.25, -0.2) is 4.79 Å². The minimum atomic E-state index is -2.04. The molecule has 0 radical (unpaired) electrons. The molecular formula is C66H99Cl2NO36. The lowest BCUT2D eigenvalue weighted by Crippen LogP contribution is -2.69. The predicted molar refractivity (Wildman–Crippen MR) is 345 cm³/mol. The zero-order valence-electron chi connectivity index (χ0n) is 61.0. The summed E-state index contributed by atoms with van der Waals surface area (Å²) in [5, 5.41) is 83.5. The van der Waals surface area contributed by atoms with Crippen molar-refractivity contribution in [2.24, 2.45) is 0 Å². The molecule has 105 heavy (non-hydrogen) atoms. The van der Waals surface area contributed by atoms with Gasteiger partial charge in [0, 0.05) is 60.9 Å². The Hall–Kier alpha value is -2.93. The summed E-state index contributed by atoms with van der Waals surface area (Å²) in [6.45, 7) is 13.3. The first-order valence-electron chi connectivity index (χ1n) is 34.9. The summed E-state index contributed by atoms with van der Waals surface area (Å²) in [4.78, 5) is 26.5. The van der Waals surface area contributed by atoms with Crippen molar-refractivity contribution < 1.29 is 168 Å².